The number of hydrogen-bond donors (Lipinski definition) is 4. The average molecular weight is 600 g/mol. The highest BCUT2D eigenvalue weighted by Gasteiger charge is 2.27. The van der Waals surface area contributed by atoms with Crippen molar-refractivity contribution in [2.45, 2.75) is 46.5 Å². The van der Waals surface area contributed by atoms with Crippen LogP contribution < -0.4 is 21.3 Å². The monoisotopic (exact) mass is 599 g/mol. The van der Waals surface area contributed by atoms with Gasteiger partial charge in [0.15, 0.2) is 5.12 Å². The summed E-state index contributed by atoms with van der Waals surface area (Å²) in [7, 11) is 0. The van der Waals surface area contributed by atoms with Crippen molar-refractivity contribution in [3.05, 3.63) is 47.5 Å². The van der Waals surface area contributed by atoms with E-state index in [2.05, 4.69) is 34.3 Å². The summed E-state index contributed by atoms with van der Waals surface area (Å²) >= 11 is 0.822. The minimum atomic E-state index is -0.620. The third-order valence-corrected chi connectivity index (χ3v) is 7.17. The van der Waals surface area contributed by atoms with Crippen molar-refractivity contribution in [1.29, 1.82) is 0 Å². The molecule has 0 radical (unpaired) electrons. The zero-order chi connectivity index (χ0) is 31.1. The molecule has 0 heterocycles. The van der Waals surface area contributed by atoms with Gasteiger partial charge in [0.25, 0.3) is 0 Å². The van der Waals surface area contributed by atoms with Crippen molar-refractivity contribution in [3.63, 3.8) is 0 Å². The number of fused-ring (bicyclic) bond motifs is 1. The molecule has 0 aliphatic carbocycles. The van der Waals surface area contributed by atoms with E-state index in [9.17, 15) is 28.8 Å². The van der Waals surface area contributed by atoms with Crippen LogP contribution in [0, 0.1) is 6.92 Å². The Morgan fingerprint density at radius 3 is 2.12 bits per heavy atom. The summed E-state index contributed by atoms with van der Waals surface area (Å²) < 4.78 is 0. The molecule has 2 aromatic rings. The van der Waals surface area contributed by atoms with Crippen molar-refractivity contribution in [1.82, 2.24) is 26.2 Å². The molecular formula is C30H41N5O6S. The number of thioether (sulfide) groups is 1. The molecule has 0 saturated carbocycles. The van der Waals surface area contributed by atoms with E-state index in [1.54, 1.807) is 6.92 Å². The van der Waals surface area contributed by atoms with E-state index in [1.807, 2.05) is 37.3 Å². The number of carbonyl (C=O) groups is 6. The van der Waals surface area contributed by atoms with Crippen LogP contribution in [0.2, 0.25) is 0 Å². The summed E-state index contributed by atoms with van der Waals surface area (Å²) in [5.41, 5.74) is 1.93. The molecule has 1 atom stereocenters. The van der Waals surface area contributed by atoms with E-state index >= 15 is 0 Å². The molecule has 12 heteroatoms. The SMILES string of the molecule is CCCNCCCN(C(=O)CNC(=O)CNC(=O)CNC(=O)CSC(C)=O)C(=O)[C@@H](C)c1ccc2cc(C)ccc2c1. The summed E-state index contributed by atoms with van der Waals surface area (Å²) in [4.78, 5) is 74.5. The maximum atomic E-state index is 13.5. The molecule has 2 rings (SSSR count). The molecule has 5 amide bonds. The normalized spacial score (nSPS) is 11.4. The Hall–Kier alpha value is -3.77. The Bertz CT molecular complexity index is 1280. The molecule has 0 spiro atoms. The second-order valence-corrected chi connectivity index (χ2v) is 11.1. The average Bonchev–Trinajstić information content (AvgIpc) is 2.97. The van der Waals surface area contributed by atoms with Crippen LogP contribution in [0.1, 0.15) is 50.7 Å². The Kier molecular flexibility index (Phi) is 14.7. The standard InChI is InChI=1S/C30H41N5O6S/c1-5-11-31-12-6-13-35(30(41)21(3)23-9-10-24-14-20(2)7-8-25(24)15-23)29(40)18-34-27(38)16-32-26(37)17-33-28(39)19-42-22(4)36/h7-10,14-15,21,31H,5-6,11-13,16-19H2,1-4H3,(H,32,37)(H,33,39)(H,34,38)/t21-/m0/s1. The van der Waals surface area contributed by atoms with Crippen LogP contribution in [0.4, 0.5) is 0 Å². The number of rotatable bonds is 16. The van der Waals surface area contributed by atoms with E-state index in [-0.39, 0.29) is 29.9 Å². The third kappa shape index (κ3) is 12.0. The number of benzene rings is 2. The van der Waals surface area contributed by atoms with Crippen LogP contribution in [0.15, 0.2) is 36.4 Å². The van der Waals surface area contributed by atoms with Gasteiger partial charge in [-0.15, -0.1) is 0 Å². The Balaban J connectivity index is 1.95. The van der Waals surface area contributed by atoms with E-state index in [4.69, 9.17) is 0 Å². The van der Waals surface area contributed by atoms with Crippen molar-refractivity contribution >= 4 is 57.2 Å². The number of hydrogen-bond acceptors (Lipinski definition) is 8. The number of imide groups is 1. The van der Waals surface area contributed by atoms with Gasteiger partial charge >= 0.3 is 0 Å². The minimum Gasteiger partial charge on any atom is -0.346 e. The van der Waals surface area contributed by atoms with Crippen molar-refractivity contribution in [2.75, 3.05) is 45.0 Å². The lowest BCUT2D eigenvalue weighted by Crippen LogP contribution is -2.48. The molecular weight excluding hydrogens is 558 g/mol. The van der Waals surface area contributed by atoms with Gasteiger partial charge in [0.1, 0.15) is 0 Å². The molecule has 42 heavy (non-hydrogen) atoms. The van der Waals surface area contributed by atoms with Gasteiger partial charge in [0, 0.05) is 13.5 Å². The van der Waals surface area contributed by atoms with Gasteiger partial charge in [-0.3, -0.25) is 33.7 Å². The number of nitrogens with zero attached hydrogens (tertiary/aromatic N) is 1. The lowest BCUT2D eigenvalue weighted by molar-refractivity contribution is -0.146. The first-order chi connectivity index (χ1) is 20.0. The number of carbonyl (C=O) groups excluding carboxylic acids is 6. The summed E-state index contributed by atoms with van der Waals surface area (Å²) in [6.07, 6.45) is 1.52. The van der Waals surface area contributed by atoms with Crippen molar-refractivity contribution in [3.8, 4) is 0 Å². The highest BCUT2D eigenvalue weighted by Crippen LogP contribution is 2.24. The lowest BCUT2D eigenvalue weighted by Gasteiger charge is -2.25. The van der Waals surface area contributed by atoms with Crippen molar-refractivity contribution in [2.24, 2.45) is 0 Å². The zero-order valence-electron chi connectivity index (χ0n) is 24.7. The van der Waals surface area contributed by atoms with Crippen LogP contribution in [0.3, 0.4) is 0 Å². The zero-order valence-corrected chi connectivity index (χ0v) is 25.5. The van der Waals surface area contributed by atoms with E-state index < -0.39 is 42.6 Å². The highest BCUT2D eigenvalue weighted by atomic mass is 32.2. The number of nitrogens with one attached hydrogen (secondary N) is 4. The Morgan fingerprint density at radius 1 is 0.833 bits per heavy atom. The summed E-state index contributed by atoms with van der Waals surface area (Å²) in [6.45, 7) is 7.65. The van der Waals surface area contributed by atoms with Crippen LogP contribution in [-0.4, -0.2) is 84.6 Å². The first kappa shape index (κ1) is 34.4. The fourth-order valence-electron chi connectivity index (χ4n) is 4.02. The molecule has 0 aromatic heterocycles. The van der Waals surface area contributed by atoms with Gasteiger partial charge in [-0.2, -0.15) is 0 Å². The highest BCUT2D eigenvalue weighted by molar-refractivity contribution is 8.14. The van der Waals surface area contributed by atoms with Gasteiger partial charge in [0.2, 0.25) is 29.5 Å². The molecule has 2 aromatic carbocycles. The van der Waals surface area contributed by atoms with E-state index in [1.165, 1.54) is 11.8 Å². The molecule has 0 fully saturated rings. The second-order valence-electron chi connectivity index (χ2n) is 9.93. The predicted octanol–water partition coefficient (Wildman–Crippen LogP) is 1.62. The number of amides is 5. The van der Waals surface area contributed by atoms with Gasteiger partial charge in [-0.1, -0.05) is 60.6 Å². The molecule has 0 saturated heterocycles. The van der Waals surface area contributed by atoms with Crippen LogP contribution in [-0.2, 0) is 28.8 Å². The second kappa shape index (κ2) is 17.9. The fourth-order valence-corrected chi connectivity index (χ4v) is 4.46. The molecule has 11 nitrogen and oxygen atoms in total. The van der Waals surface area contributed by atoms with E-state index in [0.29, 0.717) is 13.0 Å². The molecule has 228 valence electrons. The maximum absolute atomic E-state index is 13.5. The smallest absolute Gasteiger partial charge is 0.248 e. The molecule has 0 aliphatic heterocycles. The van der Waals surface area contributed by atoms with Gasteiger partial charge < -0.3 is 21.3 Å². The Morgan fingerprint density at radius 2 is 1.45 bits per heavy atom. The molecule has 0 aliphatic rings. The van der Waals surface area contributed by atoms with Gasteiger partial charge in [-0.05, 0) is 56.1 Å². The predicted molar refractivity (Wildman–Crippen MR) is 164 cm³/mol. The maximum Gasteiger partial charge on any atom is 0.248 e. The summed E-state index contributed by atoms with van der Waals surface area (Å²) in [5, 5.41) is 12.3. The van der Waals surface area contributed by atoms with Crippen LogP contribution in [0.5, 0.6) is 0 Å². The third-order valence-electron chi connectivity index (χ3n) is 6.35. The van der Waals surface area contributed by atoms with Gasteiger partial charge in [-0.25, -0.2) is 0 Å². The summed E-state index contributed by atoms with van der Waals surface area (Å²) in [6, 6.07) is 11.9. The topological polar surface area (TPSA) is 154 Å². The summed E-state index contributed by atoms with van der Waals surface area (Å²) in [5.74, 6) is -3.30. The van der Waals surface area contributed by atoms with Gasteiger partial charge in [0.05, 0.1) is 31.3 Å². The largest absolute Gasteiger partial charge is 0.346 e. The van der Waals surface area contributed by atoms with Crippen LogP contribution in [0.25, 0.3) is 10.8 Å². The van der Waals surface area contributed by atoms with E-state index in [0.717, 1.165) is 46.6 Å². The Labute approximate surface area is 250 Å². The van der Waals surface area contributed by atoms with Crippen LogP contribution >= 0.6 is 11.8 Å². The molecule has 4 N–H and O–H groups in total. The van der Waals surface area contributed by atoms with Crippen molar-refractivity contribution < 1.29 is 28.8 Å². The lowest BCUT2D eigenvalue weighted by atomic mass is 9.96. The minimum absolute atomic E-state index is 0.103. The molecule has 0 bridgehead atoms. The fraction of sp³-hybridized carbons (Fsp3) is 0.467. The molecule has 0 unspecified atom stereocenters. The number of aryl methyl sites for hydroxylation is 1. The first-order valence-electron chi connectivity index (χ1n) is 14.0. The quantitative estimate of drug-likeness (QED) is 0.212. The first-order valence-corrected chi connectivity index (χ1v) is 15.0.